The van der Waals surface area contributed by atoms with E-state index < -0.39 is 11.9 Å². The Balaban J connectivity index is 0. The Morgan fingerprint density at radius 3 is 2.16 bits per heavy atom. The number of carbonyl (C=O) groups is 2. The maximum atomic E-state index is 10.9. The zero-order chi connectivity index (χ0) is 15.3. The van der Waals surface area contributed by atoms with Crippen LogP contribution in [0.4, 0.5) is 5.69 Å². The van der Waals surface area contributed by atoms with E-state index in [1.54, 1.807) is 31.2 Å². The lowest BCUT2D eigenvalue weighted by atomic mass is 10.3. The molecule has 0 aliphatic carbocycles. The molecule has 0 atom stereocenters. The van der Waals surface area contributed by atoms with Gasteiger partial charge in [-0.15, -0.1) is 0 Å². The number of carboxylic acid groups (broad SMARTS) is 1. The van der Waals surface area contributed by atoms with E-state index >= 15 is 0 Å². The molecule has 0 fully saturated rings. The smallest absolute Gasteiger partial charge is 0.394 e. The molecule has 0 unspecified atom stereocenters. The minimum absolute atomic E-state index is 0.353. The molecule has 0 saturated carbocycles. The first-order valence-corrected chi connectivity index (χ1v) is 6.41. The molecule has 0 radical (unpaired) electrons. The van der Waals surface area contributed by atoms with Gasteiger partial charge in [-0.05, 0) is 19.1 Å². The number of ether oxygens (including phenoxy) is 1. The van der Waals surface area contributed by atoms with Gasteiger partial charge < -0.3 is 15.2 Å². The number of carboxylic acids is 1. The van der Waals surface area contributed by atoms with Crippen molar-refractivity contribution in [2.45, 2.75) is 34.6 Å². The van der Waals surface area contributed by atoms with E-state index in [0.717, 1.165) is 0 Å². The summed E-state index contributed by atoms with van der Waals surface area (Å²) >= 11 is 0. The summed E-state index contributed by atoms with van der Waals surface area (Å²) in [7, 11) is 0. The summed E-state index contributed by atoms with van der Waals surface area (Å²) in [6, 6.07) is 6.65. The Morgan fingerprint density at radius 2 is 1.68 bits per heavy atom. The average Bonchev–Trinajstić information content (AvgIpc) is 2.45. The molecular formula is C14H23NO4. The first-order chi connectivity index (χ1) is 9.15. The number of anilines is 1. The summed E-state index contributed by atoms with van der Waals surface area (Å²) in [6.07, 6.45) is 0. The molecular weight excluding hydrogens is 246 g/mol. The molecule has 1 rings (SSSR count). The summed E-state index contributed by atoms with van der Waals surface area (Å²) in [4.78, 5) is 21.2. The van der Waals surface area contributed by atoms with Crippen molar-refractivity contribution in [3.63, 3.8) is 0 Å². The molecule has 0 saturated heterocycles. The number of hydrogen-bond donors (Lipinski definition) is 2. The van der Waals surface area contributed by atoms with Crippen LogP contribution in [0, 0.1) is 0 Å². The van der Waals surface area contributed by atoms with Gasteiger partial charge in [0.2, 0.25) is 0 Å². The number of amides is 1. The Labute approximate surface area is 114 Å². The molecule has 1 amide bonds. The molecule has 19 heavy (non-hydrogen) atoms. The third-order valence-electron chi connectivity index (χ3n) is 1.63. The summed E-state index contributed by atoms with van der Waals surface area (Å²) in [5.41, 5.74) is 0.353. The lowest BCUT2D eigenvalue weighted by Crippen LogP contribution is -2.22. The normalized spacial score (nSPS) is 8.05. The van der Waals surface area contributed by atoms with E-state index in [9.17, 15) is 9.59 Å². The van der Waals surface area contributed by atoms with Crippen LogP contribution in [0.5, 0.6) is 5.75 Å². The van der Waals surface area contributed by atoms with Crippen LogP contribution >= 0.6 is 0 Å². The summed E-state index contributed by atoms with van der Waals surface area (Å²) in [6.45, 7) is 10.2. The van der Waals surface area contributed by atoms with Crippen molar-refractivity contribution >= 4 is 17.6 Å². The monoisotopic (exact) mass is 269 g/mol. The van der Waals surface area contributed by atoms with Crippen LogP contribution in [0.1, 0.15) is 34.6 Å². The van der Waals surface area contributed by atoms with Crippen molar-refractivity contribution in [2.75, 3.05) is 11.9 Å². The van der Waals surface area contributed by atoms with Gasteiger partial charge in [-0.3, -0.25) is 4.79 Å². The fraction of sp³-hybridized carbons (Fsp3) is 0.429. The largest absolute Gasteiger partial charge is 0.492 e. The molecule has 0 heterocycles. The fourth-order valence-corrected chi connectivity index (χ4v) is 1.03. The van der Waals surface area contributed by atoms with Gasteiger partial charge in [-0.2, -0.15) is 0 Å². The van der Waals surface area contributed by atoms with E-state index in [1.807, 2.05) is 27.7 Å². The maximum Gasteiger partial charge on any atom is 0.394 e. The quantitative estimate of drug-likeness (QED) is 0.826. The second-order valence-electron chi connectivity index (χ2n) is 2.69. The Bertz CT molecular complexity index is 377. The maximum absolute atomic E-state index is 10.9. The van der Waals surface area contributed by atoms with Crippen LogP contribution in [-0.4, -0.2) is 23.6 Å². The highest BCUT2D eigenvalue weighted by Crippen LogP contribution is 2.23. The van der Waals surface area contributed by atoms with Gasteiger partial charge in [0.1, 0.15) is 5.75 Å². The highest BCUT2D eigenvalue weighted by molar-refractivity contribution is 6.36. The lowest BCUT2D eigenvalue weighted by Gasteiger charge is -2.09. The first-order valence-electron chi connectivity index (χ1n) is 6.41. The van der Waals surface area contributed by atoms with Gasteiger partial charge in [-0.25, -0.2) is 4.79 Å². The predicted molar refractivity (Wildman–Crippen MR) is 76.6 cm³/mol. The van der Waals surface area contributed by atoms with Gasteiger partial charge in [0.05, 0.1) is 12.3 Å². The Kier molecular flexibility index (Phi) is 12.6. The number of carbonyl (C=O) groups excluding carboxylic acids is 1. The third kappa shape index (κ3) is 7.81. The highest BCUT2D eigenvalue weighted by Gasteiger charge is 2.13. The molecule has 5 heteroatoms. The second kappa shape index (κ2) is 12.4. The molecule has 0 aliphatic rings. The predicted octanol–water partition coefficient (Wildman–Crippen LogP) is 3.16. The number of rotatable bonds is 3. The molecule has 0 spiro atoms. The van der Waals surface area contributed by atoms with Gasteiger partial charge >= 0.3 is 11.9 Å². The van der Waals surface area contributed by atoms with Gasteiger partial charge in [0.15, 0.2) is 0 Å². The zero-order valence-corrected chi connectivity index (χ0v) is 12.2. The van der Waals surface area contributed by atoms with E-state index in [4.69, 9.17) is 9.84 Å². The highest BCUT2D eigenvalue weighted by atomic mass is 16.5. The second-order valence-corrected chi connectivity index (χ2v) is 2.69. The average molecular weight is 269 g/mol. The van der Waals surface area contributed by atoms with Crippen LogP contribution in [0.25, 0.3) is 0 Å². The first kappa shape index (κ1) is 19.3. The fourth-order valence-electron chi connectivity index (χ4n) is 1.03. The standard InChI is InChI=1S/C10H11NO4.2C2H6/c1-2-15-8-6-4-3-5-7(8)11-9(12)10(13)14;2*1-2/h3-6H,2H2,1H3,(H,11,12)(H,13,14);2*1-2H3. The van der Waals surface area contributed by atoms with Gasteiger partial charge in [0, 0.05) is 0 Å². The van der Waals surface area contributed by atoms with E-state index in [-0.39, 0.29) is 0 Å². The molecule has 1 aromatic carbocycles. The number of para-hydroxylation sites is 2. The lowest BCUT2D eigenvalue weighted by molar-refractivity contribution is -0.147. The molecule has 5 nitrogen and oxygen atoms in total. The Hall–Kier alpha value is -2.04. The Morgan fingerprint density at radius 1 is 1.16 bits per heavy atom. The summed E-state index contributed by atoms with van der Waals surface area (Å²) in [5.74, 6) is -2.15. The van der Waals surface area contributed by atoms with Crippen LogP contribution in [0.3, 0.4) is 0 Å². The van der Waals surface area contributed by atoms with Crippen LogP contribution < -0.4 is 10.1 Å². The molecule has 108 valence electrons. The SMILES string of the molecule is CC.CC.CCOc1ccccc1NC(=O)C(=O)O. The number of hydrogen-bond acceptors (Lipinski definition) is 3. The van der Waals surface area contributed by atoms with Crippen LogP contribution in [0.2, 0.25) is 0 Å². The minimum atomic E-state index is -1.53. The van der Waals surface area contributed by atoms with Gasteiger partial charge in [0.25, 0.3) is 0 Å². The number of benzene rings is 1. The van der Waals surface area contributed by atoms with Crippen molar-refractivity contribution in [3.8, 4) is 5.75 Å². The van der Waals surface area contributed by atoms with Crippen molar-refractivity contribution in [1.82, 2.24) is 0 Å². The van der Waals surface area contributed by atoms with Crippen LogP contribution in [-0.2, 0) is 9.59 Å². The number of nitrogens with one attached hydrogen (secondary N) is 1. The van der Waals surface area contributed by atoms with Crippen molar-refractivity contribution < 1.29 is 19.4 Å². The summed E-state index contributed by atoms with van der Waals surface area (Å²) < 4.78 is 5.21. The molecule has 0 bridgehead atoms. The van der Waals surface area contributed by atoms with E-state index in [1.165, 1.54) is 0 Å². The molecule has 0 aliphatic heterocycles. The molecule has 2 N–H and O–H groups in total. The van der Waals surface area contributed by atoms with Crippen molar-refractivity contribution in [1.29, 1.82) is 0 Å². The van der Waals surface area contributed by atoms with E-state index in [2.05, 4.69) is 5.32 Å². The van der Waals surface area contributed by atoms with Crippen LogP contribution in [0.15, 0.2) is 24.3 Å². The van der Waals surface area contributed by atoms with Crippen molar-refractivity contribution in [3.05, 3.63) is 24.3 Å². The third-order valence-corrected chi connectivity index (χ3v) is 1.63. The molecule has 1 aromatic rings. The molecule has 0 aromatic heterocycles. The minimum Gasteiger partial charge on any atom is -0.492 e. The number of aliphatic carboxylic acids is 1. The van der Waals surface area contributed by atoms with Gasteiger partial charge in [-0.1, -0.05) is 39.8 Å². The zero-order valence-electron chi connectivity index (χ0n) is 12.2. The van der Waals surface area contributed by atoms with Crippen molar-refractivity contribution in [2.24, 2.45) is 0 Å². The van der Waals surface area contributed by atoms with E-state index in [0.29, 0.717) is 18.0 Å². The topological polar surface area (TPSA) is 75.6 Å². The summed E-state index contributed by atoms with van der Waals surface area (Å²) in [5, 5.41) is 10.6.